The first-order valence-electron chi connectivity index (χ1n) is 4.37. The van der Waals surface area contributed by atoms with E-state index in [2.05, 4.69) is 15.7 Å². The van der Waals surface area contributed by atoms with Crippen molar-refractivity contribution in [1.82, 2.24) is 5.06 Å². The molecule has 1 rings (SSSR count). The molecule has 0 aromatic carbocycles. The Bertz CT molecular complexity index is 374. The Morgan fingerprint density at radius 2 is 1.88 bits per heavy atom. The maximum absolute atomic E-state index is 11.1. The van der Waals surface area contributed by atoms with Crippen molar-refractivity contribution in [2.45, 2.75) is 19.8 Å². The second kappa shape index (κ2) is 5.05. The number of hydroxylamine groups is 2. The van der Waals surface area contributed by atoms with E-state index in [0.29, 0.717) is 5.06 Å². The molecular weight excluding hydrogens is 237 g/mol. The van der Waals surface area contributed by atoms with E-state index < -0.39 is 26.0 Å². The van der Waals surface area contributed by atoms with Crippen molar-refractivity contribution < 1.29 is 28.1 Å². The highest BCUT2D eigenvalue weighted by Crippen LogP contribution is 2.29. The van der Waals surface area contributed by atoms with Crippen LogP contribution in [0.5, 0.6) is 0 Å². The van der Waals surface area contributed by atoms with Crippen molar-refractivity contribution in [3.8, 4) is 0 Å². The van der Waals surface area contributed by atoms with Crippen molar-refractivity contribution in [2.75, 3.05) is 0 Å². The number of rotatable bonds is 4. The zero-order valence-corrected chi connectivity index (χ0v) is 9.52. The minimum Gasteiger partial charge on any atom is -0.389 e. The van der Waals surface area contributed by atoms with E-state index in [0.717, 1.165) is 0 Å². The molecular formula is C8H10NO6P. The van der Waals surface area contributed by atoms with E-state index in [9.17, 15) is 18.9 Å². The minimum absolute atomic E-state index is 0.00239. The molecule has 1 aliphatic rings. The molecule has 0 radical (unpaired) electrons. The smallest absolute Gasteiger partial charge is 0.389 e. The monoisotopic (exact) mass is 247 g/mol. The van der Waals surface area contributed by atoms with Gasteiger partial charge in [-0.05, 0) is 6.92 Å². The average Bonchev–Trinajstić information content (AvgIpc) is 2.49. The van der Waals surface area contributed by atoms with Gasteiger partial charge in [0, 0.05) is 18.4 Å². The van der Waals surface area contributed by atoms with Gasteiger partial charge in [-0.2, -0.15) is 4.62 Å². The van der Waals surface area contributed by atoms with E-state index >= 15 is 0 Å². The molecule has 1 heterocycles. The lowest BCUT2D eigenvalue weighted by Gasteiger charge is -2.12. The lowest BCUT2D eigenvalue weighted by molar-refractivity contribution is -0.166. The van der Waals surface area contributed by atoms with Crippen LogP contribution in [0.3, 0.4) is 0 Å². The molecule has 88 valence electrons. The molecule has 0 N–H and O–H groups in total. The summed E-state index contributed by atoms with van der Waals surface area (Å²) in [6.07, 6.45) is 0.00479. The van der Waals surface area contributed by atoms with Gasteiger partial charge in [0.25, 0.3) is 11.8 Å². The van der Waals surface area contributed by atoms with Gasteiger partial charge in [-0.3, -0.25) is 9.59 Å². The number of carbonyl (C=O) groups is 3. The van der Waals surface area contributed by atoms with Crippen LogP contribution < -0.4 is 0 Å². The fourth-order valence-corrected chi connectivity index (χ4v) is 1.63. The highest BCUT2D eigenvalue weighted by atomic mass is 31.1. The maximum atomic E-state index is 11.1. The normalized spacial score (nSPS) is 17.4. The average molecular weight is 247 g/mol. The van der Waals surface area contributed by atoms with E-state index in [-0.39, 0.29) is 18.4 Å². The van der Waals surface area contributed by atoms with Crippen molar-refractivity contribution in [3.05, 3.63) is 12.2 Å². The Morgan fingerprint density at radius 3 is 2.31 bits per heavy atom. The van der Waals surface area contributed by atoms with Gasteiger partial charge in [0.2, 0.25) is 0 Å². The molecule has 1 aliphatic heterocycles. The van der Waals surface area contributed by atoms with Gasteiger partial charge in [0.1, 0.15) is 0 Å². The summed E-state index contributed by atoms with van der Waals surface area (Å²) in [6.45, 7) is 4.63. The van der Waals surface area contributed by atoms with Gasteiger partial charge >= 0.3 is 14.2 Å². The largest absolute Gasteiger partial charge is 0.392 e. The summed E-state index contributed by atoms with van der Waals surface area (Å²) in [6, 6.07) is 0. The third-order valence-electron chi connectivity index (χ3n) is 1.70. The van der Waals surface area contributed by atoms with Crippen molar-refractivity contribution in [1.29, 1.82) is 0 Å². The van der Waals surface area contributed by atoms with Gasteiger partial charge in [0.05, 0.1) is 0 Å². The van der Waals surface area contributed by atoms with Crippen LogP contribution in [0.2, 0.25) is 0 Å². The van der Waals surface area contributed by atoms with Crippen LogP contribution in [0.25, 0.3) is 0 Å². The second-order valence-corrected chi connectivity index (χ2v) is 3.98. The zero-order valence-electron chi connectivity index (χ0n) is 8.52. The van der Waals surface area contributed by atoms with Gasteiger partial charge < -0.3 is 4.52 Å². The Labute approximate surface area is 91.9 Å². The van der Waals surface area contributed by atoms with Crippen LogP contribution >= 0.6 is 8.25 Å². The SMILES string of the molecule is C=C(C)C(=O)O[PH](=O)ON1C(=O)CCC1=O. The summed E-state index contributed by atoms with van der Waals surface area (Å²) in [4.78, 5) is 33.0. The molecule has 0 bridgehead atoms. The van der Waals surface area contributed by atoms with E-state index in [1.54, 1.807) is 0 Å². The van der Waals surface area contributed by atoms with Crippen LogP contribution in [-0.4, -0.2) is 22.8 Å². The lowest BCUT2D eigenvalue weighted by atomic mass is 10.4. The standard InChI is InChI=1S/C8H10NO6P/c1-5(2)8(12)14-16(13)15-9-6(10)3-4-7(9)11/h16H,1,3-4H2,2H3. The molecule has 1 atom stereocenters. The third-order valence-corrected chi connectivity index (χ3v) is 2.38. The topological polar surface area (TPSA) is 90.0 Å². The molecule has 1 fully saturated rings. The maximum Gasteiger partial charge on any atom is 0.392 e. The quantitative estimate of drug-likeness (QED) is 0.410. The van der Waals surface area contributed by atoms with Gasteiger partial charge in [0.15, 0.2) is 0 Å². The summed E-state index contributed by atoms with van der Waals surface area (Å²) >= 11 is 0. The number of hydrogen-bond donors (Lipinski definition) is 0. The molecule has 0 saturated carbocycles. The third kappa shape index (κ3) is 3.01. The lowest BCUT2D eigenvalue weighted by Crippen LogP contribution is -2.27. The van der Waals surface area contributed by atoms with E-state index in [4.69, 9.17) is 0 Å². The second-order valence-electron chi connectivity index (χ2n) is 3.09. The fourth-order valence-electron chi connectivity index (χ4n) is 0.914. The van der Waals surface area contributed by atoms with Gasteiger partial charge in [-0.15, -0.1) is 5.06 Å². The summed E-state index contributed by atoms with van der Waals surface area (Å²) in [7, 11) is -3.26. The Kier molecular flexibility index (Phi) is 3.98. The van der Waals surface area contributed by atoms with Gasteiger partial charge in [-0.25, -0.2) is 9.36 Å². The predicted octanol–water partition coefficient (Wildman–Crippen LogP) is 0.576. The summed E-state index contributed by atoms with van der Waals surface area (Å²) < 4.78 is 19.9. The van der Waals surface area contributed by atoms with E-state index in [1.807, 2.05) is 0 Å². The molecule has 7 nitrogen and oxygen atoms in total. The van der Waals surface area contributed by atoms with Crippen LogP contribution in [0.15, 0.2) is 12.2 Å². The highest BCUT2D eigenvalue weighted by Gasteiger charge is 2.32. The van der Waals surface area contributed by atoms with Crippen molar-refractivity contribution >= 4 is 26.0 Å². The number of carbonyl (C=O) groups excluding carboxylic acids is 3. The molecule has 2 amide bonds. The summed E-state index contributed by atoms with van der Waals surface area (Å²) in [5.74, 6) is -2.10. The number of hydrogen-bond acceptors (Lipinski definition) is 6. The minimum atomic E-state index is -3.26. The molecule has 8 heteroatoms. The molecule has 0 spiro atoms. The van der Waals surface area contributed by atoms with Gasteiger partial charge in [-0.1, -0.05) is 6.58 Å². The van der Waals surface area contributed by atoms with Crippen LogP contribution in [0, 0.1) is 0 Å². The Morgan fingerprint density at radius 1 is 1.38 bits per heavy atom. The number of imide groups is 1. The number of nitrogens with zero attached hydrogens (tertiary/aromatic N) is 1. The molecule has 0 aromatic rings. The Balaban J connectivity index is 2.52. The van der Waals surface area contributed by atoms with Crippen molar-refractivity contribution in [2.24, 2.45) is 0 Å². The van der Waals surface area contributed by atoms with Crippen LogP contribution in [0.1, 0.15) is 19.8 Å². The molecule has 1 saturated heterocycles. The van der Waals surface area contributed by atoms with Crippen LogP contribution in [0.4, 0.5) is 0 Å². The predicted molar refractivity (Wildman–Crippen MR) is 52.1 cm³/mol. The zero-order chi connectivity index (χ0) is 12.3. The summed E-state index contributed by atoms with van der Waals surface area (Å²) in [5, 5.41) is 0.368. The number of amides is 2. The molecule has 0 aliphatic carbocycles. The molecule has 0 aromatic heterocycles. The molecule has 16 heavy (non-hydrogen) atoms. The van der Waals surface area contributed by atoms with Crippen molar-refractivity contribution in [3.63, 3.8) is 0 Å². The van der Waals surface area contributed by atoms with Crippen LogP contribution in [-0.2, 0) is 28.1 Å². The first kappa shape index (κ1) is 12.6. The Hall–Kier alpha value is -1.46. The highest BCUT2D eigenvalue weighted by molar-refractivity contribution is 7.34. The summed E-state index contributed by atoms with van der Waals surface area (Å²) in [5.41, 5.74) is 0.0426. The molecule has 1 unspecified atom stereocenters. The first-order valence-corrected chi connectivity index (χ1v) is 5.59. The van der Waals surface area contributed by atoms with E-state index in [1.165, 1.54) is 6.92 Å². The fraction of sp³-hybridized carbons (Fsp3) is 0.375. The first-order chi connectivity index (χ1) is 7.41.